The van der Waals surface area contributed by atoms with Crippen LogP contribution in [0.5, 0.6) is 0 Å². The van der Waals surface area contributed by atoms with Gasteiger partial charge in [0.15, 0.2) is 5.14 Å². The van der Waals surface area contributed by atoms with Gasteiger partial charge < -0.3 is 5.21 Å². The third-order valence-electron chi connectivity index (χ3n) is 0.202. The molecule has 0 saturated carbocycles. The Morgan fingerprint density at radius 1 is 1.50 bits per heavy atom. The first-order chi connectivity index (χ1) is 2.21. The second-order valence-electron chi connectivity index (χ2n) is 0.618. The van der Waals surface area contributed by atoms with Gasteiger partial charge in [0.1, 0.15) is 9.98 Å². The molecule has 1 aliphatic rings. The molecule has 0 atom stereocenters. The zero-order chi connectivity index (χ0) is 3.91. The van der Waals surface area contributed by atoms with E-state index < -0.39 is 5.14 Å². The summed E-state index contributed by atoms with van der Waals surface area (Å²) in [5.41, 5.74) is 0. The molecule has 1 aliphatic heterocycles. The maximum absolute atomic E-state index is 9.26. The van der Waals surface area contributed by atoms with Gasteiger partial charge in [0.05, 0.1) is 0 Å². The van der Waals surface area contributed by atoms with Crippen molar-refractivity contribution >= 4 is 12.4 Å². The Labute approximate surface area is 39.1 Å². The molecule has 6 heavy (non-hydrogen) atoms. The molecule has 0 spiro atoms. The van der Waals surface area contributed by atoms with Gasteiger partial charge in [0.25, 0.3) is 0 Å². The van der Waals surface area contributed by atoms with Crippen LogP contribution in [0, 0.1) is 5.21 Å². The van der Waals surface area contributed by atoms with Crippen LogP contribution in [0.3, 0.4) is 0 Å². The predicted octanol–water partition coefficient (Wildman–Crippen LogP) is -0.0962. The van der Waals surface area contributed by atoms with Crippen molar-refractivity contribution < 1.29 is 20.3 Å². The van der Waals surface area contributed by atoms with E-state index in [1.54, 1.807) is 0 Å². The van der Waals surface area contributed by atoms with Crippen LogP contribution in [0.4, 0.5) is 0 Å². The van der Waals surface area contributed by atoms with E-state index >= 15 is 0 Å². The summed E-state index contributed by atoms with van der Waals surface area (Å²) in [6.07, 6.45) is 0. The third kappa shape index (κ3) is 1.51. The molecule has 0 aliphatic carbocycles. The predicted molar refractivity (Wildman–Crippen MR) is 14.8 cm³/mol. The van der Waals surface area contributed by atoms with Gasteiger partial charge in [0.2, 0.25) is 0 Å². The average molecular weight is 115 g/mol. The highest BCUT2D eigenvalue weighted by Gasteiger charge is 2.42. The van der Waals surface area contributed by atoms with Crippen molar-refractivity contribution in [3.8, 4) is 0 Å². The van der Waals surface area contributed by atoms with E-state index in [4.69, 9.17) is 5.21 Å². The lowest BCUT2D eigenvalue weighted by Gasteiger charge is -1.85. The lowest BCUT2D eigenvalue weighted by atomic mass is 12.9. The number of nitrogens with zero attached hydrogens (tertiary/aromatic N) is 1. The van der Waals surface area contributed by atoms with Crippen LogP contribution in [0.1, 0.15) is 0 Å². The first-order valence-corrected chi connectivity index (χ1v) is 0.914. The molecule has 1 N–H and O–H groups in total. The molecular weight excluding hydrogens is 113 g/mol. The Morgan fingerprint density at radius 2 is 1.67 bits per heavy atom. The quantitative estimate of drug-likeness (QED) is 0.207. The normalized spacial score (nSPS) is 25.0. The monoisotopic (exact) mass is 115 g/mol. The Hall–Kier alpha value is 0.0900. The van der Waals surface area contributed by atoms with Crippen LogP contribution in [-0.4, -0.2) is 10.3 Å². The second kappa shape index (κ2) is 1.30. The smallest absolute Gasteiger partial charge is 0.154 e. The van der Waals surface area contributed by atoms with Crippen LogP contribution in [-0.2, 0) is 9.98 Å². The van der Waals surface area contributed by atoms with Gasteiger partial charge in [-0.15, -0.1) is 17.6 Å². The number of hydrogen-bond acceptors (Lipinski definition) is 4. The van der Waals surface area contributed by atoms with Crippen LogP contribution < -0.4 is 0 Å². The molecular formula is H2ClNO4. The molecule has 0 unspecified atom stereocenters. The molecule has 1 fully saturated rings. The third-order valence-corrected chi connectivity index (χ3v) is 0.202. The Kier molecular flexibility index (Phi) is 1.32. The fraction of sp³-hybridized carbons (Fsp3) is 0. The number of quaternary nitrogens is 1. The molecule has 0 aromatic heterocycles. The highest BCUT2D eigenvalue weighted by atomic mass is 35.5. The van der Waals surface area contributed by atoms with Crippen LogP contribution >= 0.6 is 12.4 Å². The van der Waals surface area contributed by atoms with Crippen LogP contribution in [0.15, 0.2) is 0 Å². The van der Waals surface area contributed by atoms with E-state index in [1.165, 1.54) is 0 Å². The minimum atomic E-state index is -2.00. The molecule has 6 heteroatoms. The van der Waals surface area contributed by atoms with E-state index in [0.717, 1.165) is 0 Å². The van der Waals surface area contributed by atoms with Crippen molar-refractivity contribution in [2.24, 2.45) is 0 Å². The van der Waals surface area contributed by atoms with E-state index in [0.29, 0.717) is 0 Å². The molecule has 38 valence electrons. The molecule has 1 saturated heterocycles. The highest BCUT2D eigenvalue weighted by molar-refractivity contribution is 5.85. The molecule has 0 aromatic carbocycles. The summed E-state index contributed by atoms with van der Waals surface area (Å²) < 4.78 is 0. The van der Waals surface area contributed by atoms with Crippen molar-refractivity contribution in [3.05, 3.63) is 5.21 Å². The average Bonchev–Trinajstić information content (AvgIpc) is 1.76. The maximum Gasteiger partial charge on any atom is 0.154 e. The van der Waals surface area contributed by atoms with Crippen molar-refractivity contribution in [2.45, 2.75) is 0 Å². The largest absolute Gasteiger partial charge is 0.523 e. The summed E-state index contributed by atoms with van der Waals surface area (Å²) in [7, 11) is 0. The zero-order valence-electron chi connectivity index (χ0n) is 2.53. The zero-order valence-corrected chi connectivity index (χ0v) is 3.34. The SMILES string of the molecule is Cl.[O-][N+]1(O)OO1. The van der Waals surface area contributed by atoms with Gasteiger partial charge in [-0.05, 0) is 0 Å². The lowest BCUT2D eigenvalue weighted by Crippen LogP contribution is -2.05. The molecule has 1 rings (SSSR count). The minimum absolute atomic E-state index is 0. The van der Waals surface area contributed by atoms with E-state index in [1.807, 2.05) is 0 Å². The Morgan fingerprint density at radius 3 is 1.67 bits per heavy atom. The van der Waals surface area contributed by atoms with Crippen molar-refractivity contribution in [2.75, 3.05) is 0 Å². The maximum atomic E-state index is 9.26. The summed E-state index contributed by atoms with van der Waals surface area (Å²) in [6, 6.07) is 0. The van der Waals surface area contributed by atoms with Gasteiger partial charge in [-0.25, -0.2) is 0 Å². The van der Waals surface area contributed by atoms with Gasteiger partial charge in [0, 0.05) is 0 Å². The number of rotatable bonds is 0. The molecule has 0 aromatic rings. The molecule has 0 bridgehead atoms. The summed E-state index contributed by atoms with van der Waals surface area (Å²) >= 11 is 0. The number of hydrogen-bond donors (Lipinski definition) is 1. The van der Waals surface area contributed by atoms with Crippen LogP contribution in [0.2, 0.25) is 0 Å². The second-order valence-corrected chi connectivity index (χ2v) is 0.618. The van der Waals surface area contributed by atoms with Crippen molar-refractivity contribution in [1.29, 1.82) is 0 Å². The van der Waals surface area contributed by atoms with Crippen LogP contribution in [0.25, 0.3) is 0 Å². The topological polar surface area (TPSA) is 68.3 Å². The Balaban J connectivity index is 0.000000250. The van der Waals surface area contributed by atoms with Crippen molar-refractivity contribution in [1.82, 2.24) is 0 Å². The van der Waals surface area contributed by atoms with Gasteiger partial charge in [-0.1, -0.05) is 0 Å². The standard InChI is InChI=1S/ClH.HNO4/c;2-1(3)4-5-1/h1H;2H. The Bertz CT molecular complexity index is 45.5. The molecule has 5 nitrogen and oxygen atoms in total. The fourth-order valence-electron chi connectivity index (χ4n) is 0.0285. The molecule has 0 radical (unpaired) electrons. The first-order valence-electron chi connectivity index (χ1n) is 0.914. The van der Waals surface area contributed by atoms with Gasteiger partial charge >= 0.3 is 0 Å². The molecule has 1 heterocycles. The fourth-order valence-corrected chi connectivity index (χ4v) is 0.0285. The molecule has 0 amide bonds. The summed E-state index contributed by atoms with van der Waals surface area (Å²) in [5, 5.41) is 14.8. The van der Waals surface area contributed by atoms with Gasteiger partial charge in [-0.2, -0.15) is 0 Å². The van der Waals surface area contributed by atoms with Gasteiger partial charge in [-0.3, -0.25) is 0 Å². The summed E-state index contributed by atoms with van der Waals surface area (Å²) in [4.78, 5) is 6.67. The summed E-state index contributed by atoms with van der Waals surface area (Å²) in [6.45, 7) is 0. The highest BCUT2D eigenvalue weighted by Crippen LogP contribution is 2.16. The first kappa shape index (κ1) is 6.09. The van der Waals surface area contributed by atoms with E-state index in [9.17, 15) is 5.21 Å². The lowest BCUT2D eigenvalue weighted by molar-refractivity contribution is -1.11. The minimum Gasteiger partial charge on any atom is -0.523 e. The van der Waals surface area contributed by atoms with E-state index in [-0.39, 0.29) is 12.4 Å². The summed E-state index contributed by atoms with van der Waals surface area (Å²) in [5.74, 6) is 0. The number of halogens is 1. The van der Waals surface area contributed by atoms with E-state index in [2.05, 4.69) is 9.98 Å². The van der Waals surface area contributed by atoms with Crippen molar-refractivity contribution in [3.63, 3.8) is 0 Å².